The minimum Gasteiger partial charge on any atom is -0.393 e. The van der Waals surface area contributed by atoms with E-state index in [2.05, 4.69) is 5.32 Å². The molecule has 1 rings (SSSR count). The molecule has 0 heterocycles. The van der Waals surface area contributed by atoms with Gasteiger partial charge in [-0.1, -0.05) is 12.8 Å². The first-order valence-electron chi connectivity index (χ1n) is 5.31. The second-order valence-corrected chi connectivity index (χ2v) is 4.14. The molecule has 3 unspecified atom stereocenters. The summed E-state index contributed by atoms with van der Waals surface area (Å²) in [5.41, 5.74) is 0. The molecule has 0 aliphatic heterocycles. The summed E-state index contributed by atoms with van der Waals surface area (Å²) in [6.07, 6.45) is 1.30. The van der Waals surface area contributed by atoms with Gasteiger partial charge in [0.15, 0.2) is 0 Å². The van der Waals surface area contributed by atoms with Crippen LogP contribution in [0.5, 0.6) is 0 Å². The predicted octanol–water partition coefficient (Wildman–Crippen LogP) is 1.78. The Hall–Kier alpha value is -0.220. The van der Waals surface area contributed by atoms with Crippen molar-refractivity contribution in [1.29, 1.82) is 0 Å². The number of alkyl halides is 2. The normalized spacial score (nSPS) is 30.6. The lowest BCUT2D eigenvalue weighted by molar-refractivity contribution is 0.0573. The van der Waals surface area contributed by atoms with Crippen LogP contribution in [0.25, 0.3) is 0 Å². The zero-order chi connectivity index (χ0) is 10.6. The van der Waals surface area contributed by atoms with Gasteiger partial charge in [0.1, 0.15) is 0 Å². The number of aliphatic hydroxyl groups is 1. The molecule has 0 saturated heterocycles. The molecule has 1 aliphatic rings. The lowest BCUT2D eigenvalue weighted by Crippen LogP contribution is -2.40. The molecule has 0 radical (unpaired) electrons. The van der Waals surface area contributed by atoms with Crippen LogP contribution in [0, 0.1) is 5.92 Å². The second-order valence-electron chi connectivity index (χ2n) is 4.14. The summed E-state index contributed by atoms with van der Waals surface area (Å²) < 4.78 is 24.3. The quantitative estimate of drug-likeness (QED) is 0.736. The molecule has 1 saturated carbocycles. The molecule has 0 aromatic heterocycles. The SMILES string of the molecule is CC(NCC1CCCCC1O)C(F)F. The van der Waals surface area contributed by atoms with Gasteiger partial charge in [0.2, 0.25) is 0 Å². The molecule has 4 heteroatoms. The number of rotatable bonds is 4. The Bertz CT molecular complexity index is 166. The lowest BCUT2D eigenvalue weighted by atomic mass is 9.86. The van der Waals surface area contributed by atoms with Crippen molar-refractivity contribution in [2.75, 3.05) is 6.54 Å². The number of hydrogen-bond acceptors (Lipinski definition) is 2. The van der Waals surface area contributed by atoms with Crippen molar-refractivity contribution in [3.8, 4) is 0 Å². The molecule has 14 heavy (non-hydrogen) atoms. The second kappa shape index (κ2) is 5.61. The maximum atomic E-state index is 12.2. The van der Waals surface area contributed by atoms with Crippen molar-refractivity contribution in [2.45, 2.75) is 51.2 Å². The first kappa shape index (κ1) is 11.9. The van der Waals surface area contributed by atoms with Crippen molar-refractivity contribution < 1.29 is 13.9 Å². The Morgan fingerprint density at radius 2 is 2.00 bits per heavy atom. The Morgan fingerprint density at radius 1 is 1.36 bits per heavy atom. The van der Waals surface area contributed by atoms with Crippen LogP contribution in [0.1, 0.15) is 32.6 Å². The van der Waals surface area contributed by atoms with Crippen LogP contribution < -0.4 is 5.32 Å². The van der Waals surface area contributed by atoms with E-state index >= 15 is 0 Å². The van der Waals surface area contributed by atoms with Crippen molar-refractivity contribution in [3.63, 3.8) is 0 Å². The summed E-state index contributed by atoms with van der Waals surface area (Å²) in [6, 6.07) is -0.774. The zero-order valence-corrected chi connectivity index (χ0v) is 8.55. The molecule has 0 spiro atoms. The number of aliphatic hydroxyl groups excluding tert-OH is 1. The van der Waals surface area contributed by atoms with Crippen molar-refractivity contribution in [3.05, 3.63) is 0 Å². The van der Waals surface area contributed by atoms with Gasteiger partial charge in [0.25, 0.3) is 6.43 Å². The molecule has 3 atom stereocenters. The van der Waals surface area contributed by atoms with E-state index in [1.54, 1.807) is 0 Å². The maximum absolute atomic E-state index is 12.2. The maximum Gasteiger partial charge on any atom is 0.253 e. The van der Waals surface area contributed by atoms with Gasteiger partial charge >= 0.3 is 0 Å². The zero-order valence-electron chi connectivity index (χ0n) is 8.55. The molecule has 0 aromatic rings. The van der Waals surface area contributed by atoms with Gasteiger partial charge in [-0.25, -0.2) is 8.78 Å². The summed E-state index contributed by atoms with van der Waals surface area (Å²) in [6.45, 7) is 1.98. The Kier molecular flexibility index (Phi) is 4.75. The van der Waals surface area contributed by atoms with Gasteiger partial charge in [0.05, 0.1) is 12.1 Å². The lowest BCUT2D eigenvalue weighted by Gasteiger charge is -2.28. The van der Waals surface area contributed by atoms with E-state index in [-0.39, 0.29) is 12.0 Å². The van der Waals surface area contributed by atoms with Crippen LogP contribution in [-0.2, 0) is 0 Å². The number of nitrogens with one attached hydrogen (secondary N) is 1. The van der Waals surface area contributed by atoms with E-state index in [4.69, 9.17) is 0 Å². The highest BCUT2D eigenvalue weighted by Gasteiger charge is 2.24. The monoisotopic (exact) mass is 207 g/mol. The molecule has 1 aliphatic carbocycles. The van der Waals surface area contributed by atoms with Gasteiger partial charge in [0, 0.05) is 6.54 Å². The van der Waals surface area contributed by atoms with E-state index < -0.39 is 12.5 Å². The summed E-state index contributed by atoms with van der Waals surface area (Å²) in [7, 11) is 0. The van der Waals surface area contributed by atoms with Crippen LogP contribution in [-0.4, -0.2) is 30.2 Å². The highest BCUT2D eigenvalue weighted by molar-refractivity contribution is 4.77. The first-order chi connectivity index (χ1) is 6.61. The van der Waals surface area contributed by atoms with Crippen LogP contribution >= 0.6 is 0 Å². The molecule has 0 amide bonds. The first-order valence-corrected chi connectivity index (χ1v) is 5.31. The minimum absolute atomic E-state index is 0.157. The van der Waals surface area contributed by atoms with Crippen LogP contribution in [0.3, 0.4) is 0 Å². The van der Waals surface area contributed by atoms with E-state index in [1.165, 1.54) is 6.92 Å². The number of hydrogen-bond donors (Lipinski definition) is 2. The Labute approximate surface area is 83.7 Å². The third-order valence-electron chi connectivity index (χ3n) is 2.95. The molecule has 0 bridgehead atoms. The Balaban J connectivity index is 2.22. The van der Waals surface area contributed by atoms with E-state index in [0.717, 1.165) is 25.7 Å². The van der Waals surface area contributed by atoms with Crippen LogP contribution in [0.2, 0.25) is 0 Å². The van der Waals surface area contributed by atoms with Crippen molar-refractivity contribution in [2.24, 2.45) is 5.92 Å². The fraction of sp³-hybridized carbons (Fsp3) is 1.00. The van der Waals surface area contributed by atoms with E-state index in [0.29, 0.717) is 6.54 Å². The molecule has 84 valence electrons. The third-order valence-corrected chi connectivity index (χ3v) is 2.95. The Morgan fingerprint density at radius 3 is 2.57 bits per heavy atom. The van der Waals surface area contributed by atoms with Crippen LogP contribution in [0.15, 0.2) is 0 Å². The molecule has 0 aromatic carbocycles. The minimum atomic E-state index is -2.32. The van der Waals surface area contributed by atoms with E-state index in [9.17, 15) is 13.9 Å². The number of halogens is 2. The summed E-state index contributed by atoms with van der Waals surface area (Å²) in [5, 5.41) is 12.4. The van der Waals surface area contributed by atoms with Crippen LogP contribution in [0.4, 0.5) is 8.78 Å². The van der Waals surface area contributed by atoms with Gasteiger partial charge in [-0.15, -0.1) is 0 Å². The predicted molar refractivity (Wildman–Crippen MR) is 51.4 cm³/mol. The molecular weight excluding hydrogens is 188 g/mol. The summed E-state index contributed by atoms with van der Waals surface area (Å²) >= 11 is 0. The van der Waals surface area contributed by atoms with Crippen molar-refractivity contribution in [1.82, 2.24) is 5.32 Å². The summed E-state index contributed by atoms with van der Waals surface area (Å²) in [4.78, 5) is 0. The fourth-order valence-electron chi connectivity index (χ4n) is 1.85. The molecule has 1 fully saturated rings. The molecule has 2 N–H and O–H groups in total. The van der Waals surface area contributed by atoms with Gasteiger partial charge in [-0.2, -0.15) is 0 Å². The highest BCUT2D eigenvalue weighted by atomic mass is 19.3. The fourth-order valence-corrected chi connectivity index (χ4v) is 1.85. The third kappa shape index (κ3) is 3.50. The highest BCUT2D eigenvalue weighted by Crippen LogP contribution is 2.23. The standard InChI is InChI=1S/C10H19F2NO/c1-7(10(11)12)13-6-8-4-2-3-5-9(8)14/h7-10,13-14H,2-6H2,1H3. The molecule has 2 nitrogen and oxygen atoms in total. The summed E-state index contributed by atoms with van der Waals surface area (Å²) in [5.74, 6) is 0.157. The van der Waals surface area contributed by atoms with Gasteiger partial charge in [-0.05, 0) is 25.7 Å². The van der Waals surface area contributed by atoms with Gasteiger partial charge < -0.3 is 10.4 Å². The average Bonchev–Trinajstić information content (AvgIpc) is 2.16. The smallest absolute Gasteiger partial charge is 0.253 e. The van der Waals surface area contributed by atoms with E-state index in [1.807, 2.05) is 0 Å². The topological polar surface area (TPSA) is 32.3 Å². The van der Waals surface area contributed by atoms with Gasteiger partial charge in [-0.3, -0.25) is 0 Å². The average molecular weight is 207 g/mol. The van der Waals surface area contributed by atoms with Crippen molar-refractivity contribution >= 4 is 0 Å². The molecular formula is C10H19F2NO. The largest absolute Gasteiger partial charge is 0.393 e.